The van der Waals surface area contributed by atoms with Crippen LogP contribution in [-0.2, 0) is 22.6 Å². The molecule has 0 bridgehead atoms. The van der Waals surface area contributed by atoms with E-state index in [0.717, 1.165) is 11.1 Å². The van der Waals surface area contributed by atoms with Gasteiger partial charge in [0.25, 0.3) is 0 Å². The molecule has 0 spiro atoms. The van der Waals surface area contributed by atoms with Crippen LogP contribution >= 0.6 is 11.6 Å². The van der Waals surface area contributed by atoms with Crippen LogP contribution in [0.5, 0.6) is 0 Å². The fraction of sp³-hybridized carbons (Fsp3) is 0.211. The van der Waals surface area contributed by atoms with Gasteiger partial charge in [-0.3, -0.25) is 9.59 Å². The summed E-state index contributed by atoms with van der Waals surface area (Å²) in [5.74, 6) is -0.458. The minimum Gasteiger partial charge on any atom is -0.352 e. The molecule has 0 atom stereocenters. The van der Waals surface area contributed by atoms with E-state index in [2.05, 4.69) is 10.6 Å². The zero-order valence-corrected chi connectivity index (χ0v) is 14.3. The molecule has 0 aliphatic rings. The lowest BCUT2D eigenvalue weighted by Gasteiger charge is -2.11. The number of benzene rings is 2. The Morgan fingerprint density at radius 2 is 1.88 bits per heavy atom. The lowest BCUT2D eigenvalue weighted by atomic mass is 10.1. The lowest BCUT2D eigenvalue weighted by Crippen LogP contribution is -2.24. The molecule has 0 unspecified atom stereocenters. The van der Waals surface area contributed by atoms with Crippen LogP contribution in [0.1, 0.15) is 24.0 Å². The summed E-state index contributed by atoms with van der Waals surface area (Å²) in [6.45, 7) is 0.303. The van der Waals surface area contributed by atoms with Crippen LogP contribution < -0.4 is 10.6 Å². The van der Waals surface area contributed by atoms with E-state index in [4.69, 9.17) is 16.9 Å². The first-order valence-corrected chi connectivity index (χ1v) is 8.22. The van der Waals surface area contributed by atoms with Crippen molar-refractivity contribution in [2.45, 2.75) is 25.8 Å². The van der Waals surface area contributed by atoms with Gasteiger partial charge in [-0.2, -0.15) is 5.26 Å². The molecular weight excluding hydrogens is 338 g/mol. The summed E-state index contributed by atoms with van der Waals surface area (Å²) in [7, 11) is 0. The van der Waals surface area contributed by atoms with Gasteiger partial charge in [0.1, 0.15) is 6.42 Å². The maximum Gasteiger partial charge on any atom is 0.238 e. The number of hydrogen-bond acceptors (Lipinski definition) is 3. The normalized spacial score (nSPS) is 9.92. The summed E-state index contributed by atoms with van der Waals surface area (Å²) in [6.07, 6.45) is 0.747. The molecule has 0 heterocycles. The molecule has 0 saturated carbocycles. The van der Waals surface area contributed by atoms with Crippen molar-refractivity contribution in [3.63, 3.8) is 0 Å². The summed E-state index contributed by atoms with van der Waals surface area (Å²) in [6, 6.07) is 16.4. The van der Waals surface area contributed by atoms with Crippen molar-refractivity contribution < 1.29 is 9.59 Å². The van der Waals surface area contributed by atoms with Crippen LogP contribution in [0.4, 0.5) is 5.69 Å². The van der Waals surface area contributed by atoms with E-state index in [9.17, 15) is 9.59 Å². The van der Waals surface area contributed by atoms with Gasteiger partial charge in [0.2, 0.25) is 11.8 Å². The molecule has 0 radical (unpaired) electrons. The number of carbonyl (C=O) groups is 2. The average Bonchev–Trinajstić information content (AvgIpc) is 2.59. The van der Waals surface area contributed by atoms with Crippen molar-refractivity contribution >= 4 is 29.1 Å². The van der Waals surface area contributed by atoms with Crippen molar-refractivity contribution in [3.8, 4) is 6.07 Å². The Bertz CT molecular complexity index is 799. The molecule has 25 heavy (non-hydrogen) atoms. The standard InChI is InChI=1S/C19H18ClN3O2/c20-16-6-3-4-14(12-16)8-9-18(24)22-13-15-5-1-2-7-17(15)23-19(25)10-11-21/h1-7,12H,8-10,13H2,(H,22,24)(H,23,25). The number of anilines is 1. The number of amides is 2. The molecule has 0 fully saturated rings. The number of rotatable bonds is 7. The Hall–Kier alpha value is -2.84. The predicted molar refractivity (Wildman–Crippen MR) is 96.9 cm³/mol. The molecule has 2 aromatic carbocycles. The molecule has 0 aliphatic carbocycles. The van der Waals surface area contributed by atoms with Gasteiger partial charge < -0.3 is 10.6 Å². The van der Waals surface area contributed by atoms with Crippen LogP contribution in [0.15, 0.2) is 48.5 Å². The predicted octanol–water partition coefficient (Wildman–Crippen LogP) is 3.44. The third-order valence-corrected chi connectivity index (χ3v) is 3.77. The molecule has 0 saturated heterocycles. The average molecular weight is 356 g/mol. The van der Waals surface area contributed by atoms with Crippen LogP contribution in [0.2, 0.25) is 5.02 Å². The Morgan fingerprint density at radius 1 is 1.08 bits per heavy atom. The van der Waals surface area contributed by atoms with Crippen molar-refractivity contribution in [2.24, 2.45) is 0 Å². The number of carbonyl (C=O) groups excluding carboxylic acids is 2. The fourth-order valence-corrected chi connectivity index (χ4v) is 2.51. The minimum absolute atomic E-state index is 0.0851. The van der Waals surface area contributed by atoms with Gasteiger partial charge in [-0.15, -0.1) is 0 Å². The van der Waals surface area contributed by atoms with E-state index in [1.54, 1.807) is 24.3 Å². The van der Waals surface area contributed by atoms with Crippen LogP contribution in [0.3, 0.4) is 0 Å². The second kappa shape index (κ2) is 9.45. The quantitative estimate of drug-likeness (QED) is 0.798. The third kappa shape index (κ3) is 6.28. The highest BCUT2D eigenvalue weighted by Gasteiger charge is 2.08. The Labute approximate surface area is 151 Å². The zero-order valence-electron chi connectivity index (χ0n) is 13.6. The molecule has 6 heteroatoms. The minimum atomic E-state index is -0.373. The van der Waals surface area contributed by atoms with Gasteiger partial charge in [0.05, 0.1) is 6.07 Å². The van der Waals surface area contributed by atoms with Crippen LogP contribution in [0.25, 0.3) is 0 Å². The molecule has 0 aromatic heterocycles. The number of hydrogen-bond donors (Lipinski definition) is 2. The van der Waals surface area contributed by atoms with E-state index >= 15 is 0 Å². The molecule has 2 rings (SSSR count). The summed E-state index contributed by atoms with van der Waals surface area (Å²) in [5, 5.41) is 14.7. The van der Waals surface area contributed by atoms with Crippen molar-refractivity contribution in [1.82, 2.24) is 5.32 Å². The van der Waals surface area contributed by atoms with Crippen molar-refractivity contribution in [1.29, 1.82) is 5.26 Å². The van der Waals surface area contributed by atoms with Crippen molar-refractivity contribution in [2.75, 3.05) is 5.32 Å². The van der Waals surface area contributed by atoms with Crippen molar-refractivity contribution in [3.05, 3.63) is 64.7 Å². The second-order valence-electron chi connectivity index (χ2n) is 5.45. The van der Waals surface area contributed by atoms with Gasteiger partial charge in [-0.25, -0.2) is 0 Å². The maximum absolute atomic E-state index is 12.0. The molecule has 128 valence electrons. The van der Waals surface area contributed by atoms with E-state index in [0.29, 0.717) is 30.1 Å². The monoisotopic (exact) mass is 355 g/mol. The third-order valence-electron chi connectivity index (χ3n) is 3.54. The van der Waals surface area contributed by atoms with E-state index in [1.807, 2.05) is 30.3 Å². The lowest BCUT2D eigenvalue weighted by molar-refractivity contribution is -0.121. The number of nitriles is 1. The van der Waals surface area contributed by atoms with Gasteiger partial charge in [0.15, 0.2) is 0 Å². The number of halogens is 1. The number of aryl methyl sites for hydroxylation is 1. The molecule has 2 aromatic rings. The van der Waals surface area contributed by atoms with Gasteiger partial charge in [-0.05, 0) is 35.7 Å². The Kier molecular flexibility index (Phi) is 7.00. The summed E-state index contributed by atoms with van der Waals surface area (Å²) < 4.78 is 0. The van der Waals surface area contributed by atoms with Gasteiger partial charge in [-0.1, -0.05) is 41.9 Å². The topological polar surface area (TPSA) is 82.0 Å². The highest BCUT2D eigenvalue weighted by molar-refractivity contribution is 6.30. The van der Waals surface area contributed by atoms with E-state index in [1.165, 1.54) is 0 Å². The molecule has 0 aliphatic heterocycles. The number of nitrogens with zero attached hydrogens (tertiary/aromatic N) is 1. The largest absolute Gasteiger partial charge is 0.352 e. The van der Waals surface area contributed by atoms with Gasteiger partial charge in [0, 0.05) is 23.7 Å². The smallest absolute Gasteiger partial charge is 0.238 e. The van der Waals surface area contributed by atoms with Crippen LogP contribution in [-0.4, -0.2) is 11.8 Å². The highest BCUT2D eigenvalue weighted by Crippen LogP contribution is 2.15. The summed E-state index contributed by atoms with van der Waals surface area (Å²) >= 11 is 5.93. The van der Waals surface area contributed by atoms with Crippen LogP contribution in [0, 0.1) is 11.3 Å². The molecule has 5 nitrogen and oxygen atoms in total. The summed E-state index contributed by atoms with van der Waals surface area (Å²) in [4.78, 5) is 23.6. The summed E-state index contributed by atoms with van der Waals surface area (Å²) in [5.41, 5.74) is 2.38. The SMILES string of the molecule is N#CCC(=O)Nc1ccccc1CNC(=O)CCc1cccc(Cl)c1. The second-order valence-corrected chi connectivity index (χ2v) is 5.88. The molecule has 2 amide bonds. The molecule has 2 N–H and O–H groups in total. The number of nitrogens with one attached hydrogen (secondary N) is 2. The van der Waals surface area contributed by atoms with E-state index < -0.39 is 0 Å². The zero-order chi connectivity index (χ0) is 18.1. The first kappa shape index (κ1) is 18.5. The fourth-order valence-electron chi connectivity index (χ4n) is 2.30. The Morgan fingerprint density at radius 3 is 2.64 bits per heavy atom. The van der Waals surface area contributed by atoms with E-state index in [-0.39, 0.29) is 18.2 Å². The Balaban J connectivity index is 1.87. The first-order valence-electron chi connectivity index (χ1n) is 7.84. The van der Waals surface area contributed by atoms with Gasteiger partial charge >= 0.3 is 0 Å². The number of para-hydroxylation sites is 1. The first-order chi connectivity index (χ1) is 12.1. The highest BCUT2D eigenvalue weighted by atomic mass is 35.5. The molecular formula is C19H18ClN3O2. The maximum atomic E-state index is 12.0.